The van der Waals surface area contributed by atoms with Crippen molar-refractivity contribution < 1.29 is 13.2 Å². The Morgan fingerprint density at radius 1 is 1.19 bits per heavy atom. The molecule has 0 saturated carbocycles. The van der Waals surface area contributed by atoms with E-state index in [2.05, 4.69) is 9.23 Å². The van der Waals surface area contributed by atoms with Gasteiger partial charge in [-0.3, -0.25) is 9.69 Å². The summed E-state index contributed by atoms with van der Waals surface area (Å²) < 4.78 is 30.7. The maximum absolute atomic E-state index is 12.5. The number of rotatable bonds is 6. The molecule has 0 aliphatic heterocycles. The number of hydrogen-bond acceptors (Lipinski definition) is 4. The third kappa shape index (κ3) is 6.21. The predicted molar refractivity (Wildman–Crippen MR) is 109 cm³/mol. The molecule has 0 heterocycles. The van der Waals surface area contributed by atoms with E-state index in [0.717, 1.165) is 10.5 Å². The lowest BCUT2D eigenvalue weighted by Gasteiger charge is -2.15. The van der Waals surface area contributed by atoms with Crippen molar-refractivity contribution in [2.24, 2.45) is 10.2 Å². The standard InChI is InChI=1S/C17H19ClN4O3S.ClH/c1-22(17(19)21-18)16(23)14-8-5-9-15(12-14)26(24,25)20-11-10-13-6-3-2-4-7-13;/h2-9,12,20H,10-11H2,1H3,(H2,19,21);1H. The highest BCUT2D eigenvalue weighted by Gasteiger charge is 2.19. The van der Waals surface area contributed by atoms with Crippen LogP contribution in [0.3, 0.4) is 0 Å². The van der Waals surface area contributed by atoms with Gasteiger partial charge in [-0.25, -0.2) is 13.1 Å². The van der Waals surface area contributed by atoms with Gasteiger partial charge in [0.15, 0.2) is 0 Å². The van der Waals surface area contributed by atoms with E-state index in [-0.39, 0.29) is 35.4 Å². The second kappa shape index (κ2) is 10.3. The van der Waals surface area contributed by atoms with Crippen LogP contribution in [0, 0.1) is 0 Å². The fourth-order valence-electron chi connectivity index (χ4n) is 2.21. The van der Waals surface area contributed by atoms with Crippen LogP contribution in [0.2, 0.25) is 0 Å². The largest absolute Gasteiger partial charge is 0.368 e. The zero-order valence-corrected chi connectivity index (χ0v) is 16.9. The Morgan fingerprint density at radius 3 is 2.48 bits per heavy atom. The third-order valence-electron chi connectivity index (χ3n) is 3.67. The van der Waals surface area contributed by atoms with Crippen molar-refractivity contribution in [1.82, 2.24) is 9.62 Å². The summed E-state index contributed by atoms with van der Waals surface area (Å²) in [6.07, 6.45) is 0.560. The van der Waals surface area contributed by atoms with Crippen molar-refractivity contribution >= 4 is 46.1 Å². The number of guanidine groups is 1. The molecule has 146 valence electrons. The van der Waals surface area contributed by atoms with Crippen LogP contribution >= 0.6 is 24.2 Å². The van der Waals surface area contributed by atoms with Gasteiger partial charge in [-0.1, -0.05) is 36.4 Å². The average Bonchev–Trinajstić information content (AvgIpc) is 2.67. The summed E-state index contributed by atoms with van der Waals surface area (Å²) in [5.41, 5.74) is 6.67. The van der Waals surface area contributed by atoms with E-state index in [1.807, 2.05) is 30.3 Å². The maximum Gasteiger partial charge on any atom is 0.260 e. The zero-order valence-electron chi connectivity index (χ0n) is 14.5. The normalized spacial score (nSPS) is 11.6. The van der Waals surface area contributed by atoms with Crippen molar-refractivity contribution in [3.8, 4) is 0 Å². The molecule has 0 bridgehead atoms. The number of hydrogen-bond donors (Lipinski definition) is 2. The molecule has 2 aromatic rings. The first-order valence-electron chi connectivity index (χ1n) is 7.71. The first-order valence-corrected chi connectivity index (χ1v) is 9.53. The highest BCUT2D eigenvalue weighted by molar-refractivity contribution is 7.89. The Kier molecular flexibility index (Phi) is 8.71. The highest BCUT2D eigenvalue weighted by atomic mass is 35.5. The number of nitrogens with one attached hydrogen (secondary N) is 1. The number of halogens is 2. The second-order valence-electron chi connectivity index (χ2n) is 5.47. The SMILES string of the molecule is CN(C(=O)c1cccc(S(=O)(=O)NCCc2ccccc2)c1)C(N)=NCl.Cl. The summed E-state index contributed by atoms with van der Waals surface area (Å²) in [4.78, 5) is 13.3. The predicted octanol–water partition coefficient (Wildman–Crippen LogP) is 2.17. The van der Waals surface area contributed by atoms with Crippen molar-refractivity contribution in [3.05, 3.63) is 65.7 Å². The van der Waals surface area contributed by atoms with E-state index in [1.165, 1.54) is 31.3 Å². The summed E-state index contributed by atoms with van der Waals surface area (Å²) in [6, 6.07) is 15.2. The van der Waals surface area contributed by atoms with Crippen LogP contribution < -0.4 is 10.5 Å². The molecule has 10 heteroatoms. The molecule has 0 aromatic heterocycles. The van der Waals surface area contributed by atoms with Crippen molar-refractivity contribution in [1.29, 1.82) is 0 Å². The number of sulfonamides is 1. The Morgan fingerprint density at radius 2 is 1.85 bits per heavy atom. The van der Waals surface area contributed by atoms with Crippen molar-refractivity contribution in [2.45, 2.75) is 11.3 Å². The van der Waals surface area contributed by atoms with Crippen LogP contribution in [-0.2, 0) is 16.4 Å². The molecule has 0 aliphatic rings. The minimum absolute atomic E-state index is 0. The fourth-order valence-corrected chi connectivity index (χ4v) is 3.40. The number of benzene rings is 2. The van der Waals surface area contributed by atoms with Crippen LogP contribution in [0.25, 0.3) is 0 Å². The van der Waals surface area contributed by atoms with Gasteiger partial charge >= 0.3 is 0 Å². The number of nitrogens with two attached hydrogens (primary N) is 1. The van der Waals surface area contributed by atoms with Gasteiger partial charge in [-0.05, 0) is 30.2 Å². The number of amides is 1. The Labute approximate surface area is 169 Å². The first kappa shape index (κ1) is 22.9. The molecule has 0 fully saturated rings. The lowest BCUT2D eigenvalue weighted by Crippen LogP contribution is -2.38. The van der Waals surface area contributed by atoms with E-state index in [4.69, 9.17) is 17.5 Å². The molecule has 27 heavy (non-hydrogen) atoms. The number of nitrogens with zero attached hydrogens (tertiary/aromatic N) is 2. The fraction of sp³-hybridized carbons (Fsp3) is 0.176. The van der Waals surface area contributed by atoms with Crippen LogP contribution in [-0.4, -0.2) is 38.8 Å². The maximum atomic E-state index is 12.5. The molecular formula is C17H20Cl2N4O3S. The van der Waals surface area contributed by atoms with Crippen LogP contribution in [0.1, 0.15) is 15.9 Å². The molecule has 0 spiro atoms. The van der Waals surface area contributed by atoms with Gasteiger partial charge in [0.2, 0.25) is 16.0 Å². The molecule has 7 nitrogen and oxygen atoms in total. The summed E-state index contributed by atoms with van der Waals surface area (Å²) in [6.45, 7) is 0.246. The van der Waals surface area contributed by atoms with Gasteiger partial charge in [0.25, 0.3) is 5.91 Å². The smallest absolute Gasteiger partial charge is 0.260 e. The lowest BCUT2D eigenvalue weighted by atomic mass is 10.2. The molecule has 0 unspecified atom stereocenters. The molecule has 3 N–H and O–H groups in total. The minimum Gasteiger partial charge on any atom is -0.368 e. The van der Waals surface area contributed by atoms with Gasteiger partial charge in [0.1, 0.15) is 0 Å². The molecule has 1 amide bonds. The minimum atomic E-state index is -3.75. The first-order chi connectivity index (χ1) is 12.3. The van der Waals surface area contributed by atoms with Gasteiger partial charge < -0.3 is 5.73 Å². The summed E-state index contributed by atoms with van der Waals surface area (Å²) in [7, 11) is -2.35. The van der Waals surface area contributed by atoms with E-state index >= 15 is 0 Å². The van der Waals surface area contributed by atoms with Crippen molar-refractivity contribution in [3.63, 3.8) is 0 Å². The van der Waals surface area contributed by atoms with Crippen LogP contribution in [0.4, 0.5) is 0 Å². The Hall–Kier alpha value is -2.13. The molecule has 0 saturated heterocycles. The number of carbonyl (C=O) groups excluding carboxylic acids is 1. The third-order valence-corrected chi connectivity index (χ3v) is 5.31. The monoisotopic (exact) mass is 430 g/mol. The van der Waals surface area contributed by atoms with E-state index < -0.39 is 15.9 Å². The second-order valence-corrected chi connectivity index (χ2v) is 7.40. The molecule has 2 rings (SSSR count). The van der Waals surface area contributed by atoms with Gasteiger partial charge in [0.05, 0.1) is 4.90 Å². The quantitative estimate of drug-likeness (QED) is 0.540. The van der Waals surface area contributed by atoms with Crippen LogP contribution in [0.15, 0.2) is 64.0 Å². The topological polar surface area (TPSA) is 105 Å². The van der Waals surface area contributed by atoms with Crippen molar-refractivity contribution in [2.75, 3.05) is 13.6 Å². The van der Waals surface area contributed by atoms with E-state index in [1.54, 1.807) is 0 Å². The van der Waals surface area contributed by atoms with Gasteiger partial charge in [0, 0.05) is 30.9 Å². The summed E-state index contributed by atoms with van der Waals surface area (Å²) >= 11 is 5.25. The molecule has 2 aromatic carbocycles. The van der Waals surface area contributed by atoms with E-state index in [9.17, 15) is 13.2 Å². The molecule has 0 atom stereocenters. The Bertz CT molecular complexity index is 905. The van der Waals surface area contributed by atoms with Gasteiger partial charge in [-0.2, -0.15) is 0 Å². The summed E-state index contributed by atoms with van der Waals surface area (Å²) in [5, 5.41) is 0. The highest BCUT2D eigenvalue weighted by Crippen LogP contribution is 2.13. The zero-order chi connectivity index (χ0) is 19.2. The molecule has 0 aliphatic carbocycles. The van der Waals surface area contributed by atoms with Crippen LogP contribution in [0.5, 0.6) is 0 Å². The average molecular weight is 431 g/mol. The number of carbonyl (C=O) groups is 1. The van der Waals surface area contributed by atoms with E-state index in [0.29, 0.717) is 6.42 Å². The molecule has 0 radical (unpaired) electrons. The molecular weight excluding hydrogens is 411 g/mol. The summed E-state index contributed by atoms with van der Waals surface area (Å²) in [5.74, 6) is -0.709. The lowest BCUT2D eigenvalue weighted by molar-refractivity contribution is 0.0869. The van der Waals surface area contributed by atoms with Gasteiger partial charge in [-0.15, -0.1) is 16.9 Å². The Balaban J connectivity index is 0.00000364.